The van der Waals surface area contributed by atoms with Crippen molar-refractivity contribution < 1.29 is 9.59 Å². The maximum absolute atomic E-state index is 12.7. The predicted octanol–water partition coefficient (Wildman–Crippen LogP) is 3.84. The van der Waals surface area contributed by atoms with E-state index in [4.69, 9.17) is 0 Å². The quantitative estimate of drug-likeness (QED) is 0.614. The topological polar surface area (TPSA) is 34.1 Å². The highest BCUT2D eigenvalue weighted by molar-refractivity contribution is 6.12. The molecule has 1 aliphatic rings. The standard InChI is InChI=1S/C18H20O2/c1-13-9-7-8-12-18(13,3)17(20)14(2)16(19)15-10-5-4-6-11-15/h4-14H,1-3H3. The Morgan fingerprint density at radius 1 is 1.15 bits per heavy atom. The third kappa shape index (κ3) is 2.51. The van der Waals surface area contributed by atoms with Crippen molar-refractivity contribution in [2.75, 3.05) is 0 Å². The van der Waals surface area contributed by atoms with Gasteiger partial charge >= 0.3 is 0 Å². The van der Waals surface area contributed by atoms with E-state index in [1.165, 1.54) is 0 Å². The Labute approximate surface area is 120 Å². The highest BCUT2D eigenvalue weighted by Gasteiger charge is 2.40. The zero-order chi connectivity index (χ0) is 14.8. The molecule has 0 saturated heterocycles. The number of hydrogen-bond donors (Lipinski definition) is 0. The molecule has 0 aliphatic heterocycles. The minimum absolute atomic E-state index is 0.0144. The number of rotatable bonds is 4. The molecular weight excluding hydrogens is 248 g/mol. The first-order valence-electron chi connectivity index (χ1n) is 6.96. The van der Waals surface area contributed by atoms with E-state index in [9.17, 15) is 9.59 Å². The molecule has 0 fully saturated rings. The summed E-state index contributed by atoms with van der Waals surface area (Å²) in [5.41, 5.74) is -0.00144. The van der Waals surface area contributed by atoms with Gasteiger partial charge in [0.1, 0.15) is 0 Å². The molecule has 3 atom stereocenters. The van der Waals surface area contributed by atoms with Gasteiger partial charge in [0, 0.05) is 5.56 Å². The first-order valence-corrected chi connectivity index (χ1v) is 6.96. The lowest BCUT2D eigenvalue weighted by Crippen LogP contribution is -2.39. The van der Waals surface area contributed by atoms with Crippen LogP contribution < -0.4 is 0 Å². The molecule has 20 heavy (non-hydrogen) atoms. The van der Waals surface area contributed by atoms with E-state index in [0.717, 1.165) is 0 Å². The number of ketones is 2. The van der Waals surface area contributed by atoms with Crippen molar-refractivity contribution in [3.8, 4) is 0 Å². The Hall–Kier alpha value is -1.96. The van der Waals surface area contributed by atoms with E-state index in [2.05, 4.69) is 0 Å². The second-order valence-electron chi connectivity index (χ2n) is 5.63. The molecule has 2 nitrogen and oxygen atoms in total. The molecule has 104 valence electrons. The molecule has 0 amide bonds. The fourth-order valence-corrected chi connectivity index (χ4v) is 2.58. The van der Waals surface area contributed by atoms with Crippen molar-refractivity contribution >= 4 is 11.6 Å². The summed E-state index contributed by atoms with van der Waals surface area (Å²) in [4.78, 5) is 25.2. The van der Waals surface area contributed by atoms with Crippen molar-refractivity contribution in [1.82, 2.24) is 0 Å². The molecule has 1 aromatic carbocycles. The number of carbonyl (C=O) groups is 2. The molecule has 2 heteroatoms. The van der Waals surface area contributed by atoms with Crippen LogP contribution in [0.25, 0.3) is 0 Å². The Morgan fingerprint density at radius 2 is 1.80 bits per heavy atom. The van der Waals surface area contributed by atoms with Crippen LogP contribution in [-0.2, 0) is 4.79 Å². The average Bonchev–Trinajstić information content (AvgIpc) is 2.49. The van der Waals surface area contributed by atoms with E-state index < -0.39 is 11.3 Å². The van der Waals surface area contributed by atoms with Crippen LogP contribution in [0.15, 0.2) is 54.6 Å². The Morgan fingerprint density at radius 3 is 2.40 bits per heavy atom. The molecule has 0 N–H and O–H groups in total. The molecule has 2 rings (SSSR count). The second kappa shape index (κ2) is 5.58. The number of allylic oxidation sites excluding steroid dienone is 4. The van der Waals surface area contributed by atoms with Crippen molar-refractivity contribution in [2.45, 2.75) is 20.8 Å². The zero-order valence-corrected chi connectivity index (χ0v) is 12.2. The molecule has 1 aliphatic carbocycles. The van der Waals surface area contributed by atoms with E-state index in [1.54, 1.807) is 19.1 Å². The number of benzene rings is 1. The lowest BCUT2D eigenvalue weighted by molar-refractivity contribution is -0.129. The summed E-state index contributed by atoms with van der Waals surface area (Å²) in [6.45, 7) is 5.63. The number of carbonyl (C=O) groups excluding carboxylic acids is 2. The summed E-state index contributed by atoms with van der Waals surface area (Å²) in [6, 6.07) is 9.01. The summed E-state index contributed by atoms with van der Waals surface area (Å²) < 4.78 is 0. The van der Waals surface area contributed by atoms with Crippen molar-refractivity contribution in [3.63, 3.8) is 0 Å². The largest absolute Gasteiger partial charge is 0.298 e. The highest BCUT2D eigenvalue weighted by Crippen LogP contribution is 2.36. The van der Waals surface area contributed by atoms with Crippen LogP contribution in [0.4, 0.5) is 0 Å². The van der Waals surface area contributed by atoms with E-state index >= 15 is 0 Å². The Kier molecular flexibility index (Phi) is 4.03. The van der Waals surface area contributed by atoms with Gasteiger partial charge in [-0.2, -0.15) is 0 Å². The molecule has 1 aromatic rings. The van der Waals surface area contributed by atoms with Crippen LogP contribution in [0.3, 0.4) is 0 Å². The van der Waals surface area contributed by atoms with Crippen molar-refractivity contribution in [2.24, 2.45) is 17.3 Å². The van der Waals surface area contributed by atoms with Crippen LogP contribution in [-0.4, -0.2) is 11.6 Å². The van der Waals surface area contributed by atoms with E-state index in [-0.39, 0.29) is 17.5 Å². The Balaban J connectivity index is 2.23. The molecule has 3 unspecified atom stereocenters. The van der Waals surface area contributed by atoms with Gasteiger partial charge in [-0.05, 0) is 19.8 Å². The fourth-order valence-electron chi connectivity index (χ4n) is 2.58. The third-order valence-electron chi connectivity index (χ3n) is 4.28. The van der Waals surface area contributed by atoms with E-state index in [1.807, 2.05) is 56.4 Å². The van der Waals surface area contributed by atoms with Gasteiger partial charge in [-0.25, -0.2) is 0 Å². The summed E-state index contributed by atoms with van der Waals surface area (Å²) in [7, 11) is 0. The minimum atomic E-state index is -0.624. The summed E-state index contributed by atoms with van der Waals surface area (Å²) in [5, 5.41) is 0. The predicted molar refractivity (Wildman–Crippen MR) is 80.5 cm³/mol. The lowest BCUT2D eigenvalue weighted by atomic mass is 9.68. The fraction of sp³-hybridized carbons (Fsp3) is 0.333. The van der Waals surface area contributed by atoms with Crippen LogP contribution in [0.5, 0.6) is 0 Å². The minimum Gasteiger partial charge on any atom is -0.298 e. The Bertz CT molecular complexity index is 568. The smallest absolute Gasteiger partial charge is 0.173 e. The highest BCUT2D eigenvalue weighted by atomic mass is 16.2. The monoisotopic (exact) mass is 268 g/mol. The van der Waals surface area contributed by atoms with Gasteiger partial charge in [-0.1, -0.05) is 61.6 Å². The molecule has 0 spiro atoms. The first-order chi connectivity index (χ1) is 9.47. The zero-order valence-electron chi connectivity index (χ0n) is 12.2. The van der Waals surface area contributed by atoms with Crippen LogP contribution in [0, 0.1) is 17.3 Å². The molecule has 0 heterocycles. The number of hydrogen-bond acceptors (Lipinski definition) is 2. The van der Waals surface area contributed by atoms with Gasteiger partial charge in [0.25, 0.3) is 0 Å². The lowest BCUT2D eigenvalue weighted by Gasteiger charge is -2.33. The van der Waals surface area contributed by atoms with Crippen LogP contribution >= 0.6 is 0 Å². The van der Waals surface area contributed by atoms with Gasteiger partial charge in [0.05, 0.1) is 11.3 Å². The first kappa shape index (κ1) is 14.4. The van der Waals surface area contributed by atoms with Crippen LogP contribution in [0.1, 0.15) is 31.1 Å². The maximum Gasteiger partial charge on any atom is 0.173 e. The third-order valence-corrected chi connectivity index (χ3v) is 4.28. The normalized spacial score (nSPS) is 26.2. The SMILES string of the molecule is CC(C(=O)c1ccccc1)C(=O)C1(C)C=CC=CC1C. The van der Waals surface area contributed by atoms with Gasteiger partial charge < -0.3 is 0 Å². The van der Waals surface area contributed by atoms with Gasteiger partial charge in [0.15, 0.2) is 11.6 Å². The van der Waals surface area contributed by atoms with Crippen LogP contribution in [0.2, 0.25) is 0 Å². The van der Waals surface area contributed by atoms with Gasteiger partial charge in [-0.15, -0.1) is 0 Å². The molecule has 0 saturated carbocycles. The number of Topliss-reactive ketones (excluding diaryl/α,β-unsaturated/α-hetero) is 2. The maximum atomic E-state index is 12.7. The molecule has 0 bridgehead atoms. The summed E-state index contributed by atoms with van der Waals surface area (Å²) in [5.74, 6) is -0.640. The molecular formula is C18H20O2. The van der Waals surface area contributed by atoms with Crippen molar-refractivity contribution in [3.05, 3.63) is 60.2 Å². The second-order valence-corrected chi connectivity index (χ2v) is 5.63. The van der Waals surface area contributed by atoms with Gasteiger partial charge in [0.2, 0.25) is 0 Å². The summed E-state index contributed by atoms with van der Waals surface area (Å²) in [6.07, 6.45) is 7.76. The van der Waals surface area contributed by atoms with Gasteiger partial charge in [-0.3, -0.25) is 9.59 Å². The van der Waals surface area contributed by atoms with Crippen molar-refractivity contribution in [1.29, 1.82) is 0 Å². The average molecular weight is 268 g/mol. The molecule has 0 aromatic heterocycles. The van der Waals surface area contributed by atoms with E-state index in [0.29, 0.717) is 5.56 Å². The molecule has 0 radical (unpaired) electrons. The summed E-state index contributed by atoms with van der Waals surface area (Å²) >= 11 is 0.